The number of methoxy groups -OCH3 is 4. The first-order valence-corrected chi connectivity index (χ1v) is 12.9. The lowest BCUT2D eigenvalue weighted by Crippen LogP contribution is -2.39. The molecule has 2 aromatic rings. The van der Waals surface area contributed by atoms with Crippen molar-refractivity contribution in [1.82, 2.24) is 9.80 Å². The fourth-order valence-electron chi connectivity index (χ4n) is 4.17. The SMILES string of the molecule is COc1ccc([C@@H]2SCC(=O)N2CCN2C(=O)CS[C@H]2c2ccc(OC)c(OC)c2)cc1OC. The normalized spacial score (nSPS) is 20.1. The molecule has 10 heteroatoms. The van der Waals surface area contributed by atoms with Gasteiger partial charge in [-0.05, 0) is 35.4 Å². The Labute approximate surface area is 207 Å². The summed E-state index contributed by atoms with van der Waals surface area (Å²) in [5.74, 6) is 3.47. The molecular weight excluding hydrogens is 476 g/mol. The molecule has 34 heavy (non-hydrogen) atoms. The minimum absolute atomic E-state index is 0.0618. The van der Waals surface area contributed by atoms with Gasteiger partial charge in [-0.15, -0.1) is 23.5 Å². The molecule has 0 unspecified atom stereocenters. The number of benzene rings is 2. The molecule has 2 aromatic carbocycles. The van der Waals surface area contributed by atoms with E-state index in [0.29, 0.717) is 47.6 Å². The van der Waals surface area contributed by atoms with Crippen LogP contribution in [0.2, 0.25) is 0 Å². The summed E-state index contributed by atoms with van der Waals surface area (Å²) in [6.07, 6.45) is 0. The molecule has 0 spiro atoms. The highest BCUT2D eigenvalue weighted by Gasteiger charge is 2.37. The van der Waals surface area contributed by atoms with Crippen molar-refractivity contribution in [1.29, 1.82) is 0 Å². The summed E-state index contributed by atoms with van der Waals surface area (Å²) in [6.45, 7) is 0.891. The van der Waals surface area contributed by atoms with Crippen molar-refractivity contribution in [3.63, 3.8) is 0 Å². The van der Waals surface area contributed by atoms with Gasteiger partial charge in [-0.25, -0.2) is 0 Å². The van der Waals surface area contributed by atoms with Gasteiger partial charge in [0.1, 0.15) is 10.7 Å². The largest absolute Gasteiger partial charge is 0.493 e. The van der Waals surface area contributed by atoms with Gasteiger partial charge in [0.05, 0.1) is 39.9 Å². The van der Waals surface area contributed by atoms with Crippen LogP contribution in [0.1, 0.15) is 21.9 Å². The van der Waals surface area contributed by atoms with E-state index in [1.165, 1.54) is 0 Å². The third-order valence-electron chi connectivity index (χ3n) is 5.90. The van der Waals surface area contributed by atoms with Crippen molar-refractivity contribution < 1.29 is 28.5 Å². The van der Waals surface area contributed by atoms with Crippen molar-refractivity contribution in [2.45, 2.75) is 10.7 Å². The Morgan fingerprint density at radius 2 is 1.06 bits per heavy atom. The zero-order valence-corrected chi connectivity index (χ0v) is 21.2. The van der Waals surface area contributed by atoms with Gasteiger partial charge in [0.25, 0.3) is 0 Å². The molecule has 0 radical (unpaired) electrons. The highest BCUT2D eigenvalue weighted by atomic mass is 32.2. The van der Waals surface area contributed by atoms with E-state index in [9.17, 15) is 9.59 Å². The summed E-state index contributed by atoms with van der Waals surface area (Å²) in [5, 5.41) is -0.283. The maximum atomic E-state index is 12.7. The van der Waals surface area contributed by atoms with Crippen molar-refractivity contribution in [2.75, 3.05) is 53.0 Å². The molecule has 0 N–H and O–H groups in total. The van der Waals surface area contributed by atoms with Crippen LogP contribution in [-0.2, 0) is 9.59 Å². The first kappa shape index (κ1) is 24.4. The minimum atomic E-state index is -0.141. The van der Waals surface area contributed by atoms with E-state index in [1.54, 1.807) is 52.0 Å². The second-order valence-corrected chi connectivity index (χ2v) is 9.87. The van der Waals surface area contributed by atoms with E-state index in [2.05, 4.69) is 0 Å². The number of carbonyl (C=O) groups is 2. The van der Waals surface area contributed by atoms with Gasteiger partial charge < -0.3 is 28.7 Å². The van der Waals surface area contributed by atoms with Crippen LogP contribution in [0, 0.1) is 0 Å². The molecule has 2 heterocycles. The number of amides is 2. The van der Waals surface area contributed by atoms with Crippen LogP contribution in [0.4, 0.5) is 0 Å². The number of hydrogen-bond donors (Lipinski definition) is 0. The Balaban J connectivity index is 1.51. The van der Waals surface area contributed by atoms with Crippen LogP contribution in [0.3, 0.4) is 0 Å². The molecule has 2 saturated heterocycles. The molecule has 182 valence electrons. The topological polar surface area (TPSA) is 77.5 Å². The molecule has 0 aromatic heterocycles. The molecule has 0 saturated carbocycles. The summed E-state index contributed by atoms with van der Waals surface area (Å²) in [7, 11) is 6.38. The third-order valence-corrected chi connectivity index (χ3v) is 8.42. The Hall–Kier alpha value is -2.72. The highest BCUT2D eigenvalue weighted by molar-refractivity contribution is 8.00. The summed E-state index contributed by atoms with van der Waals surface area (Å²) >= 11 is 3.15. The van der Waals surface area contributed by atoms with E-state index < -0.39 is 0 Å². The van der Waals surface area contributed by atoms with Crippen LogP contribution in [0.25, 0.3) is 0 Å². The zero-order valence-electron chi connectivity index (χ0n) is 19.6. The van der Waals surface area contributed by atoms with Crippen molar-refractivity contribution in [3.05, 3.63) is 47.5 Å². The van der Waals surface area contributed by atoms with Gasteiger partial charge in [-0.2, -0.15) is 0 Å². The number of rotatable bonds is 9. The molecule has 2 atom stereocenters. The van der Waals surface area contributed by atoms with Gasteiger partial charge >= 0.3 is 0 Å². The third kappa shape index (κ3) is 4.74. The van der Waals surface area contributed by atoms with Crippen LogP contribution >= 0.6 is 23.5 Å². The average Bonchev–Trinajstić information content (AvgIpc) is 3.43. The second-order valence-electron chi connectivity index (χ2n) is 7.73. The van der Waals surface area contributed by atoms with Crippen LogP contribution in [-0.4, -0.2) is 74.6 Å². The van der Waals surface area contributed by atoms with E-state index in [-0.39, 0.29) is 22.6 Å². The van der Waals surface area contributed by atoms with E-state index in [4.69, 9.17) is 18.9 Å². The molecule has 2 aliphatic rings. The predicted molar refractivity (Wildman–Crippen MR) is 133 cm³/mol. The summed E-state index contributed by atoms with van der Waals surface area (Å²) in [6, 6.07) is 11.4. The van der Waals surface area contributed by atoms with Crippen LogP contribution < -0.4 is 18.9 Å². The van der Waals surface area contributed by atoms with Crippen molar-refractivity contribution >= 4 is 35.3 Å². The fraction of sp³-hybridized carbons (Fsp3) is 0.417. The van der Waals surface area contributed by atoms with E-state index in [0.717, 1.165) is 11.1 Å². The van der Waals surface area contributed by atoms with Gasteiger partial charge in [0, 0.05) is 13.1 Å². The van der Waals surface area contributed by atoms with Crippen LogP contribution in [0.5, 0.6) is 23.0 Å². The lowest BCUT2D eigenvalue weighted by molar-refractivity contribution is -0.132. The Kier molecular flexibility index (Phi) is 7.67. The minimum Gasteiger partial charge on any atom is -0.493 e. The first-order chi connectivity index (χ1) is 16.5. The molecular formula is C24H28N2O6S2. The summed E-state index contributed by atoms with van der Waals surface area (Å²) < 4.78 is 21.6. The number of hydrogen-bond acceptors (Lipinski definition) is 8. The Morgan fingerprint density at radius 3 is 1.41 bits per heavy atom. The highest BCUT2D eigenvalue weighted by Crippen LogP contribution is 2.44. The van der Waals surface area contributed by atoms with Crippen molar-refractivity contribution in [3.8, 4) is 23.0 Å². The van der Waals surface area contributed by atoms with Gasteiger partial charge in [-0.1, -0.05) is 12.1 Å². The number of carbonyl (C=O) groups excluding carboxylic acids is 2. The fourth-order valence-corrected chi connectivity index (χ4v) is 6.59. The van der Waals surface area contributed by atoms with Gasteiger partial charge in [0.15, 0.2) is 23.0 Å². The molecule has 2 aliphatic heterocycles. The molecule has 8 nitrogen and oxygen atoms in total. The molecule has 0 bridgehead atoms. The average molecular weight is 505 g/mol. The smallest absolute Gasteiger partial charge is 0.233 e. The molecule has 0 aliphatic carbocycles. The zero-order chi connectivity index (χ0) is 24.2. The number of ether oxygens (including phenoxy) is 4. The van der Waals surface area contributed by atoms with Gasteiger partial charge in [0.2, 0.25) is 11.8 Å². The Bertz CT molecular complexity index is 982. The van der Waals surface area contributed by atoms with Gasteiger partial charge in [-0.3, -0.25) is 9.59 Å². The van der Waals surface area contributed by atoms with Crippen molar-refractivity contribution in [2.24, 2.45) is 0 Å². The predicted octanol–water partition coefficient (Wildman–Crippen LogP) is 3.57. The standard InChI is InChI=1S/C24H28N2O6S2/c1-29-17-7-5-15(11-19(17)31-3)23-25(21(27)13-33-23)9-10-26-22(28)14-34-24(26)16-6-8-18(30-2)20(12-16)32-4/h5-8,11-12,23-24H,9-10,13-14H2,1-4H3/t23-,24-/m0/s1. The monoisotopic (exact) mass is 504 g/mol. The quantitative estimate of drug-likeness (QED) is 0.513. The summed E-state index contributed by atoms with van der Waals surface area (Å²) in [4.78, 5) is 29.2. The van der Waals surface area contributed by atoms with E-state index >= 15 is 0 Å². The molecule has 2 amide bonds. The maximum Gasteiger partial charge on any atom is 0.233 e. The summed E-state index contributed by atoms with van der Waals surface area (Å²) in [5.41, 5.74) is 1.93. The second kappa shape index (κ2) is 10.7. The maximum absolute atomic E-state index is 12.7. The van der Waals surface area contributed by atoms with E-state index in [1.807, 2.05) is 46.2 Å². The number of nitrogens with zero attached hydrogens (tertiary/aromatic N) is 2. The Morgan fingerprint density at radius 1 is 0.676 bits per heavy atom. The lowest BCUT2D eigenvalue weighted by Gasteiger charge is -2.30. The number of thioether (sulfide) groups is 2. The molecule has 2 fully saturated rings. The first-order valence-electron chi connectivity index (χ1n) is 10.8. The molecule has 4 rings (SSSR count). The van der Waals surface area contributed by atoms with Crippen LogP contribution in [0.15, 0.2) is 36.4 Å². The lowest BCUT2D eigenvalue weighted by atomic mass is 10.1.